The number of rotatable bonds is 6. The van der Waals surface area contributed by atoms with Crippen LogP contribution < -0.4 is 15.5 Å². The Bertz CT molecular complexity index is 1020. The Morgan fingerprint density at radius 1 is 1.26 bits per heavy atom. The first-order valence-electron chi connectivity index (χ1n) is 10.8. The smallest absolute Gasteiger partial charge is 0.338 e. The Kier molecular flexibility index (Phi) is 5.93. The zero-order chi connectivity index (χ0) is 22.0. The molecule has 7 heteroatoms. The molecule has 4 rings (SSSR count). The quantitative estimate of drug-likeness (QED) is 0.691. The van der Waals surface area contributed by atoms with E-state index in [0.717, 1.165) is 42.7 Å². The number of carbonyl (C=O) groups is 3. The van der Waals surface area contributed by atoms with Gasteiger partial charge in [-0.2, -0.15) is 0 Å². The van der Waals surface area contributed by atoms with E-state index in [1.807, 2.05) is 30.3 Å². The van der Waals surface area contributed by atoms with E-state index in [2.05, 4.69) is 29.4 Å². The van der Waals surface area contributed by atoms with Gasteiger partial charge in [-0.3, -0.25) is 9.59 Å². The molecule has 31 heavy (non-hydrogen) atoms. The third-order valence-electron chi connectivity index (χ3n) is 6.07. The molecule has 0 saturated carbocycles. The van der Waals surface area contributed by atoms with Crippen molar-refractivity contribution in [3.05, 3.63) is 53.6 Å². The van der Waals surface area contributed by atoms with Crippen LogP contribution in [-0.4, -0.2) is 37.0 Å². The van der Waals surface area contributed by atoms with Gasteiger partial charge in [0, 0.05) is 12.2 Å². The summed E-state index contributed by atoms with van der Waals surface area (Å²) in [6, 6.07) is 12.6. The van der Waals surface area contributed by atoms with Crippen molar-refractivity contribution in [3.8, 4) is 0 Å². The number of para-hydroxylation sites is 1. The van der Waals surface area contributed by atoms with Crippen molar-refractivity contribution in [1.82, 2.24) is 0 Å². The number of anilines is 3. The van der Waals surface area contributed by atoms with Crippen LogP contribution in [0.3, 0.4) is 0 Å². The molecule has 2 aliphatic rings. The van der Waals surface area contributed by atoms with Crippen LogP contribution in [-0.2, 0) is 14.3 Å². The highest BCUT2D eigenvalue weighted by Crippen LogP contribution is 2.37. The number of hydrogen-bond donors (Lipinski definition) is 2. The first kappa shape index (κ1) is 20.9. The van der Waals surface area contributed by atoms with Crippen LogP contribution in [0, 0.1) is 0 Å². The number of hydrogen-bond acceptors (Lipinski definition) is 5. The van der Waals surface area contributed by atoms with E-state index in [1.54, 1.807) is 12.1 Å². The molecule has 0 aliphatic carbocycles. The van der Waals surface area contributed by atoms with Crippen molar-refractivity contribution in [3.63, 3.8) is 0 Å². The second kappa shape index (κ2) is 8.79. The molecule has 0 radical (unpaired) electrons. The molecule has 0 aromatic heterocycles. The maximum atomic E-state index is 12.5. The predicted octanol–water partition coefficient (Wildman–Crippen LogP) is 3.92. The van der Waals surface area contributed by atoms with Gasteiger partial charge in [0.2, 0.25) is 5.91 Å². The average Bonchev–Trinajstić information content (AvgIpc) is 3.28. The molecule has 2 heterocycles. The number of carbonyl (C=O) groups excluding carboxylic acids is 3. The summed E-state index contributed by atoms with van der Waals surface area (Å²) in [6.45, 7) is 4.64. The maximum absolute atomic E-state index is 12.5. The van der Waals surface area contributed by atoms with Crippen LogP contribution in [0.2, 0.25) is 0 Å². The lowest BCUT2D eigenvalue weighted by molar-refractivity contribution is -0.119. The number of nitrogens with zero attached hydrogens (tertiary/aromatic N) is 1. The molecule has 2 amide bonds. The van der Waals surface area contributed by atoms with Crippen molar-refractivity contribution in [2.45, 2.75) is 45.1 Å². The number of ether oxygens (including phenoxy) is 1. The normalized spacial score (nSPS) is 17.9. The Morgan fingerprint density at radius 2 is 2.06 bits per heavy atom. The molecule has 2 aromatic rings. The Balaban J connectivity index is 1.39. The molecular formula is C24H27N3O4. The van der Waals surface area contributed by atoms with Gasteiger partial charge in [-0.1, -0.05) is 32.0 Å². The van der Waals surface area contributed by atoms with Gasteiger partial charge >= 0.3 is 5.97 Å². The van der Waals surface area contributed by atoms with Crippen LogP contribution in [0.4, 0.5) is 17.1 Å². The Hall–Kier alpha value is -3.35. The SMILES string of the molecule is CC[C@@H](C)c1ccccc1NC(=O)COC(=O)c1ccc2c(c1)NC(=O)[C@H]1CCCN21. The van der Waals surface area contributed by atoms with E-state index >= 15 is 0 Å². The first-order valence-corrected chi connectivity index (χ1v) is 10.8. The van der Waals surface area contributed by atoms with Crippen molar-refractivity contribution < 1.29 is 19.1 Å². The minimum Gasteiger partial charge on any atom is -0.452 e. The summed E-state index contributed by atoms with van der Waals surface area (Å²) in [5.74, 6) is -0.740. The van der Waals surface area contributed by atoms with Crippen LogP contribution in [0.5, 0.6) is 0 Å². The lowest BCUT2D eigenvalue weighted by Crippen LogP contribution is -2.43. The zero-order valence-electron chi connectivity index (χ0n) is 17.8. The van der Waals surface area contributed by atoms with E-state index in [0.29, 0.717) is 17.2 Å². The molecule has 1 fully saturated rings. The van der Waals surface area contributed by atoms with E-state index in [4.69, 9.17) is 4.74 Å². The van der Waals surface area contributed by atoms with Crippen LogP contribution in [0.1, 0.15) is 54.9 Å². The van der Waals surface area contributed by atoms with E-state index in [-0.39, 0.29) is 18.6 Å². The Morgan fingerprint density at radius 3 is 2.87 bits per heavy atom. The molecule has 2 atom stereocenters. The monoisotopic (exact) mass is 421 g/mol. The van der Waals surface area contributed by atoms with Gasteiger partial charge in [0.15, 0.2) is 6.61 Å². The fourth-order valence-corrected chi connectivity index (χ4v) is 4.22. The lowest BCUT2D eigenvalue weighted by atomic mass is 9.97. The van der Waals surface area contributed by atoms with Gasteiger partial charge in [-0.05, 0) is 55.0 Å². The van der Waals surface area contributed by atoms with Crippen molar-refractivity contribution in [2.75, 3.05) is 28.7 Å². The summed E-state index contributed by atoms with van der Waals surface area (Å²) in [4.78, 5) is 39.2. The molecule has 0 spiro atoms. The largest absolute Gasteiger partial charge is 0.452 e. The molecule has 2 aliphatic heterocycles. The van der Waals surface area contributed by atoms with Gasteiger partial charge in [0.05, 0.1) is 16.9 Å². The fourth-order valence-electron chi connectivity index (χ4n) is 4.22. The highest BCUT2D eigenvalue weighted by atomic mass is 16.5. The molecule has 0 unspecified atom stereocenters. The summed E-state index contributed by atoms with van der Waals surface area (Å²) < 4.78 is 5.22. The third kappa shape index (κ3) is 4.26. The number of esters is 1. The molecule has 2 N–H and O–H groups in total. The van der Waals surface area contributed by atoms with E-state index in [9.17, 15) is 14.4 Å². The van der Waals surface area contributed by atoms with E-state index in [1.165, 1.54) is 0 Å². The number of fused-ring (bicyclic) bond motifs is 3. The van der Waals surface area contributed by atoms with Crippen molar-refractivity contribution in [2.24, 2.45) is 0 Å². The van der Waals surface area contributed by atoms with Gasteiger partial charge in [-0.15, -0.1) is 0 Å². The second-order valence-corrected chi connectivity index (χ2v) is 8.09. The van der Waals surface area contributed by atoms with Crippen LogP contribution >= 0.6 is 0 Å². The number of amides is 2. The first-order chi connectivity index (χ1) is 15.0. The summed E-state index contributed by atoms with van der Waals surface area (Å²) in [5, 5.41) is 5.71. The van der Waals surface area contributed by atoms with Gasteiger partial charge in [-0.25, -0.2) is 4.79 Å². The average molecular weight is 421 g/mol. The number of nitrogens with one attached hydrogen (secondary N) is 2. The standard InChI is InChI=1S/C24H27N3O4/c1-3-15(2)17-7-4-5-8-18(17)25-22(28)14-31-24(30)16-10-11-20-19(13-16)26-23(29)21-9-6-12-27(20)21/h4-5,7-8,10-11,13,15,21H,3,6,9,12,14H2,1-2H3,(H,25,28)(H,26,29)/t15-,21-/m1/s1. The minimum atomic E-state index is -0.606. The van der Waals surface area contributed by atoms with Crippen LogP contribution in [0.25, 0.3) is 0 Å². The molecule has 2 aromatic carbocycles. The lowest BCUT2D eigenvalue weighted by Gasteiger charge is -2.33. The van der Waals surface area contributed by atoms with Gasteiger partial charge in [0.1, 0.15) is 6.04 Å². The van der Waals surface area contributed by atoms with E-state index < -0.39 is 11.9 Å². The summed E-state index contributed by atoms with van der Waals surface area (Å²) in [6.07, 6.45) is 2.76. The molecular weight excluding hydrogens is 394 g/mol. The fraction of sp³-hybridized carbons (Fsp3) is 0.375. The third-order valence-corrected chi connectivity index (χ3v) is 6.07. The van der Waals surface area contributed by atoms with Gasteiger partial charge < -0.3 is 20.3 Å². The van der Waals surface area contributed by atoms with Crippen molar-refractivity contribution in [1.29, 1.82) is 0 Å². The van der Waals surface area contributed by atoms with Crippen molar-refractivity contribution >= 4 is 34.8 Å². The Labute approximate surface area is 181 Å². The maximum Gasteiger partial charge on any atom is 0.338 e. The molecule has 1 saturated heterocycles. The highest BCUT2D eigenvalue weighted by molar-refractivity contribution is 6.05. The molecule has 0 bridgehead atoms. The predicted molar refractivity (Wildman–Crippen MR) is 119 cm³/mol. The highest BCUT2D eigenvalue weighted by Gasteiger charge is 2.36. The molecule has 7 nitrogen and oxygen atoms in total. The van der Waals surface area contributed by atoms with Gasteiger partial charge in [0.25, 0.3) is 5.91 Å². The second-order valence-electron chi connectivity index (χ2n) is 8.09. The summed E-state index contributed by atoms with van der Waals surface area (Å²) in [7, 11) is 0. The van der Waals surface area contributed by atoms with Crippen LogP contribution in [0.15, 0.2) is 42.5 Å². The number of benzene rings is 2. The minimum absolute atomic E-state index is 0.0464. The summed E-state index contributed by atoms with van der Waals surface area (Å²) in [5.41, 5.74) is 3.59. The molecule has 162 valence electrons. The summed E-state index contributed by atoms with van der Waals surface area (Å²) >= 11 is 0. The topological polar surface area (TPSA) is 87.7 Å². The zero-order valence-corrected chi connectivity index (χ0v) is 17.8.